The Kier molecular flexibility index (Phi) is 2.30. The van der Waals surface area contributed by atoms with Gasteiger partial charge in [0.1, 0.15) is 0 Å². The van der Waals surface area contributed by atoms with Crippen LogP contribution in [0.1, 0.15) is 0 Å². The molecule has 0 aromatic carbocycles. The second kappa shape index (κ2) is 3.43. The first-order chi connectivity index (χ1) is 5.38. The molecule has 0 saturated heterocycles. The molecule has 11 heavy (non-hydrogen) atoms. The average molecular weight is 150 g/mol. The van der Waals surface area contributed by atoms with Crippen molar-refractivity contribution in [3.63, 3.8) is 0 Å². The van der Waals surface area contributed by atoms with Crippen LogP contribution in [0, 0.1) is 0 Å². The number of hydrogen-bond acceptors (Lipinski definition) is 3. The molecule has 0 aliphatic rings. The zero-order valence-electron chi connectivity index (χ0n) is 5.93. The summed E-state index contributed by atoms with van der Waals surface area (Å²) in [6, 6.07) is 3.30. The van der Waals surface area contributed by atoms with Gasteiger partial charge in [-0.15, -0.1) is 0 Å². The van der Waals surface area contributed by atoms with Crippen LogP contribution in [0.2, 0.25) is 0 Å². The molecule has 0 bridgehead atoms. The van der Waals surface area contributed by atoms with Crippen LogP contribution in [0.15, 0.2) is 23.4 Å². The summed E-state index contributed by atoms with van der Waals surface area (Å²) in [6.07, 6.45) is 1.56. The van der Waals surface area contributed by atoms with Gasteiger partial charge in [-0.25, -0.2) is 4.98 Å². The fraction of sp³-hybridized carbons (Fsp3) is 0.167. The van der Waals surface area contributed by atoms with E-state index in [4.69, 9.17) is 10.3 Å². The van der Waals surface area contributed by atoms with Crippen molar-refractivity contribution >= 4 is 5.69 Å². The molecule has 1 aromatic heterocycles. The molecule has 0 spiro atoms. The molecule has 1 rings (SSSR count). The van der Waals surface area contributed by atoms with Gasteiger partial charge in [0.05, 0.1) is 12.8 Å². The zero-order chi connectivity index (χ0) is 8.10. The van der Waals surface area contributed by atoms with Crippen LogP contribution in [0.5, 0.6) is 5.88 Å². The number of azide groups is 1. The molecular weight excluding hydrogens is 144 g/mol. The molecule has 0 atom stereocenters. The van der Waals surface area contributed by atoms with E-state index in [-0.39, 0.29) is 0 Å². The van der Waals surface area contributed by atoms with Crippen LogP contribution >= 0.6 is 0 Å². The van der Waals surface area contributed by atoms with Crippen LogP contribution in [0.25, 0.3) is 10.4 Å². The van der Waals surface area contributed by atoms with E-state index in [1.807, 2.05) is 0 Å². The number of rotatable bonds is 2. The summed E-state index contributed by atoms with van der Waals surface area (Å²) in [7, 11) is 1.47. The molecule has 56 valence electrons. The molecule has 0 amide bonds. The predicted octanol–water partition coefficient (Wildman–Crippen LogP) is 2.03. The van der Waals surface area contributed by atoms with E-state index in [9.17, 15) is 0 Å². The maximum absolute atomic E-state index is 8.11. The molecule has 0 radical (unpaired) electrons. The Hall–Kier alpha value is -1.74. The monoisotopic (exact) mass is 150 g/mol. The van der Waals surface area contributed by atoms with Gasteiger partial charge in [-0.1, -0.05) is 5.11 Å². The maximum Gasteiger partial charge on any atom is 0.222 e. The highest BCUT2D eigenvalue weighted by Gasteiger charge is 1.97. The van der Waals surface area contributed by atoms with Crippen LogP contribution in [-0.4, -0.2) is 12.1 Å². The number of aromatic nitrogens is 1. The molecule has 0 aliphatic heterocycles. The fourth-order valence-corrected chi connectivity index (χ4v) is 0.664. The van der Waals surface area contributed by atoms with Crippen molar-refractivity contribution in [3.05, 3.63) is 28.8 Å². The molecule has 0 saturated carbocycles. The lowest BCUT2D eigenvalue weighted by molar-refractivity contribution is 0.399. The molecule has 1 aromatic rings. The van der Waals surface area contributed by atoms with Gasteiger partial charge >= 0.3 is 0 Å². The number of ether oxygens (including phenoxy) is 1. The Labute approximate surface area is 63.3 Å². The normalized spacial score (nSPS) is 8.45. The largest absolute Gasteiger partial charge is 0.481 e. The standard InChI is InChI=1S/C6H6N4O/c1-11-6-5(9-10-7)3-2-4-8-6/h2-4H,1H3. The van der Waals surface area contributed by atoms with Crippen molar-refractivity contribution in [2.75, 3.05) is 7.11 Å². The van der Waals surface area contributed by atoms with E-state index in [0.717, 1.165) is 0 Å². The quantitative estimate of drug-likeness (QED) is 0.367. The van der Waals surface area contributed by atoms with Crippen LogP contribution < -0.4 is 4.74 Å². The van der Waals surface area contributed by atoms with E-state index >= 15 is 0 Å². The summed E-state index contributed by atoms with van der Waals surface area (Å²) < 4.78 is 4.82. The molecule has 0 fully saturated rings. The summed E-state index contributed by atoms with van der Waals surface area (Å²) in [5.74, 6) is 0.338. The second-order valence-electron chi connectivity index (χ2n) is 1.72. The third kappa shape index (κ3) is 1.59. The minimum Gasteiger partial charge on any atom is -0.481 e. The van der Waals surface area contributed by atoms with Crippen molar-refractivity contribution < 1.29 is 4.74 Å². The molecule has 1 heterocycles. The summed E-state index contributed by atoms with van der Waals surface area (Å²) in [5.41, 5.74) is 8.52. The molecule has 5 heteroatoms. The Morgan fingerprint density at radius 3 is 3.18 bits per heavy atom. The van der Waals surface area contributed by atoms with E-state index in [0.29, 0.717) is 11.6 Å². The third-order valence-electron chi connectivity index (χ3n) is 1.10. The van der Waals surface area contributed by atoms with Gasteiger partial charge in [-0.3, -0.25) is 0 Å². The Balaban J connectivity index is 3.11. The van der Waals surface area contributed by atoms with Crippen LogP contribution in [0.3, 0.4) is 0 Å². The highest BCUT2D eigenvalue weighted by molar-refractivity contribution is 5.45. The summed E-state index contributed by atoms with van der Waals surface area (Å²) >= 11 is 0. The molecule has 0 aliphatic carbocycles. The van der Waals surface area contributed by atoms with Gasteiger partial charge in [0.25, 0.3) is 0 Å². The van der Waals surface area contributed by atoms with Gasteiger partial charge < -0.3 is 4.74 Å². The van der Waals surface area contributed by atoms with Gasteiger partial charge in [0.2, 0.25) is 5.88 Å². The third-order valence-corrected chi connectivity index (χ3v) is 1.10. The number of nitrogens with zero attached hydrogens (tertiary/aromatic N) is 4. The lowest BCUT2D eigenvalue weighted by Crippen LogP contribution is -1.85. The predicted molar refractivity (Wildman–Crippen MR) is 39.6 cm³/mol. The van der Waals surface area contributed by atoms with E-state index in [1.54, 1.807) is 18.3 Å². The second-order valence-corrected chi connectivity index (χ2v) is 1.72. The molecule has 0 unspecified atom stereocenters. The molecule has 5 nitrogen and oxygen atoms in total. The Morgan fingerprint density at radius 1 is 1.73 bits per heavy atom. The Bertz CT molecular complexity index is 292. The highest BCUT2D eigenvalue weighted by Crippen LogP contribution is 2.22. The van der Waals surface area contributed by atoms with Gasteiger partial charge in [-0.2, -0.15) is 0 Å². The maximum atomic E-state index is 8.11. The lowest BCUT2D eigenvalue weighted by Gasteiger charge is -1.98. The minimum absolute atomic E-state index is 0.338. The smallest absolute Gasteiger partial charge is 0.222 e. The van der Waals surface area contributed by atoms with Crippen molar-refractivity contribution in [1.82, 2.24) is 4.98 Å². The van der Waals surface area contributed by atoms with E-state index < -0.39 is 0 Å². The first-order valence-electron chi connectivity index (χ1n) is 2.92. The van der Waals surface area contributed by atoms with Gasteiger partial charge in [0, 0.05) is 11.1 Å². The number of methoxy groups -OCH3 is 1. The van der Waals surface area contributed by atoms with Crippen molar-refractivity contribution in [1.29, 1.82) is 0 Å². The van der Waals surface area contributed by atoms with Gasteiger partial charge in [0.15, 0.2) is 0 Å². The Morgan fingerprint density at radius 2 is 2.55 bits per heavy atom. The summed E-state index contributed by atoms with van der Waals surface area (Å²) in [6.45, 7) is 0. The summed E-state index contributed by atoms with van der Waals surface area (Å²) in [4.78, 5) is 6.45. The van der Waals surface area contributed by atoms with Crippen molar-refractivity contribution in [3.8, 4) is 5.88 Å². The van der Waals surface area contributed by atoms with Crippen LogP contribution in [-0.2, 0) is 0 Å². The lowest BCUT2D eigenvalue weighted by atomic mass is 10.4. The highest BCUT2D eigenvalue weighted by atomic mass is 16.5. The first-order valence-corrected chi connectivity index (χ1v) is 2.92. The molecule has 0 N–H and O–H groups in total. The van der Waals surface area contributed by atoms with Crippen molar-refractivity contribution in [2.45, 2.75) is 0 Å². The molecular formula is C6H6N4O. The minimum atomic E-state index is 0.338. The van der Waals surface area contributed by atoms with Gasteiger partial charge in [-0.05, 0) is 17.7 Å². The zero-order valence-corrected chi connectivity index (χ0v) is 5.93. The average Bonchev–Trinajstić information content (AvgIpc) is 2.06. The van der Waals surface area contributed by atoms with E-state index in [1.165, 1.54) is 7.11 Å². The fourth-order valence-electron chi connectivity index (χ4n) is 0.664. The number of hydrogen-bond donors (Lipinski definition) is 0. The topological polar surface area (TPSA) is 70.9 Å². The van der Waals surface area contributed by atoms with Crippen molar-refractivity contribution in [2.24, 2.45) is 5.11 Å². The van der Waals surface area contributed by atoms with Crippen LogP contribution in [0.4, 0.5) is 5.69 Å². The number of pyridine rings is 1. The van der Waals surface area contributed by atoms with E-state index in [2.05, 4.69) is 15.0 Å². The summed E-state index contributed by atoms with van der Waals surface area (Å²) in [5, 5.41) is 3.37. The SMILES string of the molecule is COc1ncccc1N=[N+]=[N-]. The first kappa shape index (κ1) is 7.37.